The molecule has 0 aliphatic carbocycles. The van der Waals surface area contributed by atoms with E-state index in [0.29, 0.717) is 6.54 Å². The molecule has 1 fully saturated rings. The average Bonchev–Trinajstić information content (AvgIpc) is 3.00. The van der Waals surface area contributed by atoms with Gasteiger partial charge in [0.05, 0.1) is 5.92 Å². The lowest BCUT2D eigenvalue weighted by Crippen LogP contribution is -2.28. The molecule has 2 aromatic rings. The van der Waals surface area contributed by atoms with Crippen LogP contribution in [0.1, 0.15) is 30.0 Å². The van der Waals surface area contributed by atoms with E-state index in [1.807, 2.05) is 56.3 Å². The predicted octanol–water partition coefficient (Wildman–Crippen LogP) is 3.86. The van der Waals surface area contributed by atoms with Crippen LogP contribution in [-0.4, -0.2) is 18.4 Å². The van der Waals surface area contributed by atoms with Gasteiger partial charge in [-0.2, -0.15) is 0 Å². The molecule has 4 heteroatoms. The molecular weight excluding hydrogens is 312 g/mol. The first-order chi connectivity index (χ1) is 12.0. The Morgan fingerprint density at radius 3 is 2.56 bits per heavy atom. The second-order valence-corrected chi connectivity index (χ2v) is 6.66. The SMILES string of the molecule is CCc1ccc(NC(=O)[C@@H]2CC(=O)N(c3cccc(C)c3C)C2)cc1. The topological polar surface area (TPSA) is 49.4 Å². The highest BCUT2D eigenvalue weighted by molar-refractivity contribution is 6.03. The summed E-state index contributed by atoms with van der Waals surface area (Å²) in [5.41, 5.74) is 5.16. The number of nitrogens with one attached hydrogen (secondary N) is 1. The van der Waals surface area contributed by atoms with Crippen molar-refractivity contribution in [2.24, 2.45) is 5.92 Å². The fourth-order valence-electron chi connectivity index (χ4n) is 3.21. The first-order valence-electron chi connectivity index (χ1n) is 8.76. The van der Waals surface area contributed by atoms with Gasteiger partial charge >= 0.3 is 0 Å². The number of rotatable bonds is 4. The summed E-state index contributed by atoms with van der Waals surface area (Å²) in [5.74, 6) is -0.404. The summed E-state index contributed by atoms with van der Waals surface area (Å²) >= 11 is 0. The van der Waals surface area contributed by atoms with Crippen molar-refractivity contribution in [3.63, 3.8) is 0 Å². The minimum Gasteiger partial charge on any atom is -0.326 e. The third-order valence-corrected chi connectivity index (χ3v) is 4.99. The first kappa shape index (κ1) is 17.2. The Kier molecular flexibility index (Phi) is 4.88. The van der Waals surface area contributed by atoms with Crippen LogP contribution in [0.15, 0.2) is 42.5 Å². The summed E-state index contributed by atoms with van der Waals surface area (Å²) in [7, 11) is 0. The normalized spacial score (nSPS) is 17.0. The van der Waals surface area contributed by atoms with Crippen LogP contribution in [0, 0.1) is 19.8 Å². The van der Waals surface area contributed by atoms with E-state index in [4.69, 9.17) is 0 Å². The molecule has 0 unspecified atom stereocenters. The zero-order valence-corrected chi connectivity index (χ0v) is 15.0. The molecule has 0 radical (unpaired) electrons. The van der Waals surface area contributed by atoms with Crippen molar-refractivity contribution in [3.8, 4) is 0 Å². The number of benzene rings is 2. The Balaban J connectivity index is 1.71. The van der Waals surface area contributed by atoms with Gasteiger partial charge < -0.3 is 10.2 Å². The van der Waals surface area contributed by atoms with Crippen LogP contribution in [0.25, 0.3) is 0 Å². The smallest absolute Gasteiger partial charge is 0.229 e. The Hall–Kier alpha value is -2.62. The number of anilines is 2. The van der Waals surface area contributed by atoms with E-state index in [2.05, 4.69) is 12.2 Å². The minimum absolute atomic E-state index is 0.00943. The van der Waals surface area contributed by atoms with Crippen LogP contribution in [0.2, 0.25) is 0 Å². The van der Waals surface area contributed by atoms with Gasteiger partial charge in [0.25, 0.3) is 0 Å². The van der Waals surface area contributed by atoms with Crippen LogP contribution in [0.3, 0.4) is 0 Å². The van der Waals surface area contributed by atoms with Crippen molar-refractivity contribution in [1.82, 2.24) is 0 Å². The molecule has 1 N–H and O–H groups in total. The van der Waals surface area contributed by atoms with E-state index in [-0.39, 0.29) is 24.2 Å². The highest BCUT2D eigenvalue weighted by atomic mass is 16.2. The van der Waals surface area contributed by atoms with Gasteiger partial charge in [0.15, 0.2) is 0 Å². The standard InChI is InChI=1S/C21H24N2O2/c1-4-16-8-10-18(11-9-16)22-21(25)17-12-20(24)23(13-17)19-7-5-6-14(2)15(19)3/h5-11,17H,4,12-13H2,1-3H3,(H,22,25)/t17-/m1/s1. The number of carbonyl (C=O) groups is 2. The molecular formula is C21H24N2O2. The quantitative estimate of drug-likeness (QED) is 0.922. The van der Waals surface area contributed by atoms with Crippen LogP contribution in [0.4, 0.5) is 11.4 Å². The fourth-order valence-corrected chi connectivity index (χ4v) is 3.21. The molecule has 0 bridgehead atoms. The Labute approximate surface area is 148 Å². The van der Waals surface area contributed by atoms with Gasteiger partial charge in [-0.25, -0.2) is 0 Å². The van der Waals surface area contributed by atoms with Gasteiger partial charge in [-0.3, -0.25) is 9.59 Å². The van der Waals surface area contributed by atoms with E-state index in [9.17, 15) is 9.59 Å². The summed E-state index contributed by atoms with van der Waals surface area (Å²) in [6.07, 6.45) is 1.22. The summed E-state index contributed by atoms with van der Waals surface area (Å²) in [6, 6.07) is 13.8. The second kappa shape index (κ2) is 7.09. The summed E-state index contributed by atoms with van der Waals surface area (Å²) in [5, 5.41) is 2.94. The van der Waals surface area contributed by atoms with Crippen molar-refractivity contribution in [1.29, 1.82) is 0 Å². The van der Waals surface area contributed by atoms with Crippen molar-refractivity contribution in [2.45, 2.75) is 33.6 Å². The van der Waals surface area contributed by atoms with E-state index in [0.717, 1.165) is 28.9 Å². The van der Waals surface area contributed by atoms with Crippen LogP contribution < -0.4 is 10.2 Å². The molecule has 25 heavy (non-hydrogen) atoms. The maximum Gasteiger partial charge on any atom is 0.229 e. The van der Waals surface area contributed by atoms with Gasteiger partial charge in [-0.15, -0.1) is 0 Å². The number of aryl methyl sites for hydroxylation is 2. The van der Waals surface area contributed by atoms with E-state index in [1.54, 1.807) is 4.90 Å². The molecule has 0 spiro atoms. The van der Waals surface area contributed by atoms with E-state index in [1.165, 1.54) is 5.56 Å². The molecule has 3 rings (SSSR count). The maximum atomic E-state index is 12.6. The Morgan fingerprint density at radius 2 is 1.88 bits per heavy atom. The lowest BCUT2D eigenvalue weighted by Gasteiger charge is -2.20. The number of hydrogen-bond donors (Lipinski definition) is 1. The van der Waals surface area contributed by atoms with Crippen molar-refractivity contribution >= 4 is 23.2 Å². The lowest BCUT2D eigenvalue weighted by atomic mass is 10.1. The molecule has 2 amide bonds. The zero-order chi connectivity index (χ0) is 18.0. The van der Waals surface area contributed by atoms with E-state index >= 15 is 0 Å². The molecule has 1 aliphatic rings. The van der Waals surface area contributed by atoms with Gasteiger partial charge in [-0.1, -0.05) is 31.2 Å². The van der Waals surface area contributed by atoms with Gasteiger partial charge in [0, 0.05) is 24.3 Å². The number of nitrogens with zero attached hydrogens (tertiary/aromatic N) is 1. The molecule has 2 aromatic carbocycles. The number of carbonyl (C=O) groups excluding carboxylic acids is 2. The summed E-state index contributed by atoms with van der Waals surface area (Å²) in [6.45, 7) is 6.58. The lowest BCUT2D eigenvalue weighted by molar-refractivity contribution is -0.122. The van der Waals surface area contributed by atoms with Crippen LogP contribution >= 0.6 is 0 Å². The molecule has 0 saturated carbocycles. The molecule has 1 saturated heterocycles. The average molecular weight is 336 g/mol. The minimum atomic E-state index is -0.321. The first-order valence-corrected chi connectivity index (χ1v) is 8.76. The molecule has 1 aliphatic heterocycles. The second-order valence-electron chi connectivity index (χ2n) is 6.66. The summed E-state index contributed by atoms with van der Waals surface area (Å²) in [4.78, 5) is 26.7. The fraction of sp³-hybridized carbons (Fsp3) is 0.333. The van der Waals surface area contributed by atoms with Crippen LogP contribution in [-0.2, 0) is 16.0 Å². The highest BCUT2D eigenvalue weighted by Crippen LogP contribution is 2.30. The molecule has 130 valence electrons. The zero-order valence-electron chi connectivity index (χ0n) is 15.0. The number of amides is 2. The van der Waals surface area contributed by atoms with Crippen molar-refractivity contribution < 1.29 is 9.59 Å². The Morgan fingerprint density at radius 1 is 1.16 bits per heavy atom. The van der Waals surface area contributed by atoms with Gasteiger partial charge in [0.1, 0.15) is 0 Å². The highest BCUT2D eigenvalue weighted by Gasteiger charge is 2.35. The Bertz CT molecular complexity index is 796. The van der Waals surface area contributed by atoms with Gasteiger partial charge in [0.2, 0.25) is 11.8 Å². The molecule has 0 aromatic heterocycles. The van der Waals surface area contributed by atoms with Gasteiger partial charge in [-0.05, 0) is 55.2 Å². The monoisotopic (exact) mass is 336 g/mol. The molecule has 1 atom stereocenters. The summed E-state index contributed by atoms with van der Waals surface area (Å²) < 4.78 is 0. The largest absolute Gasteiger partial charge is 0.326 e. The van der Waals surface area contributed by atoms with Crippen molar-refractivity contribution in [3.05, 3.63) is 59.2 Å². The maximum absolute atomic E-state index is 12.6. The van der Waals surface area contributed by atoms with Crippen molar-refractivity contribution in [2.75, 3.05) is 16.8 Å². The third-order valence-electron chi connectivity index (χ3n) is 4.99. The number of hydrogen-bond acceptors (Lipinski definition) is 2. The third kappa shape index (κ3) is 3.58. The molecule has 4 nitrogen and oxygen atoms in total. The van der Waals surface area contributed by atoms with E-state index < -0.39 is 0 Å². The predicted molar refractivity (Wildman–Crippen MR) is 101 cm³/mol. The molecule has 1 heterocycles. The van der Waals surface area contributed by atoms with Crippen LogP contribution in [0.5, 0.6) is 0 Å².